The number of terminal acetylenes is 1. The lowest BCUT2D eigenvalue weighted by molar-refractivity contribution is -0.127. The smallest absolute Gasteiger partial charge is 0.249 e. The zero-order chi connectivity index (χ0) is 25.6. The molecular formula is C27H37FN4O2. The molecule has 0 aromatic heterocycles. The fourth-order valence-electron chi connectivity index (χ4n) is 3.97. The molecule has 1 saturated heterocycles. The Morgan fingerprint density at radius 2 is 1.94 bits per heavy atom. The van der Waals surface area contributed by atoms with Crippen LogP contribution >= 0.6 is 0 Å². The SMILES string of the molecule is C#CC(C)(CC)/C(F)=C(\N=C(/C)N(C)C[C@H]1C(=O)C(C)C(C)C(=N)N[C@@H]1c1ccccc1)OC. The highest BCUT2D eigenvalue weighted by Gasteiger charge is 2.40. The minimum Gasteiger partial charge on any atom is -0.479 e. The summed E-state index contributed by atoms with van der Waals surface area (Å²) in [5, 5.41) is 11.8. The van der Waals surface area contributed by atoms with Gasteiger partial charge in [-0.05, 0) is 25.8 Å². The van der Waals surface area contributed by atoms with Crippen molar-refractivity contribution in [2.24, 2.45) is 28.2 Å². The van der Waals surface area contributed by atoms with E-state index in [-0.39, 0.29) is 29.5 Å². The van der Waals surface area contributed by atoms with Crippen molar-refractivity contribution in [3.8, 4) is 12.3 Å². The van der Waals surface area contributed by atoms with Crippen LogP contribution in [0, 0.1) is 40.9 Å². The Bertz CT molecular complexity index is 998. The van der Waals surface area contributed by atoms with E-state index in [1.807, 2.05) is 63.1 Å². The van der Waals surface area contributed by atoms with E-state index < -0.39 is 17.2 Å². The van der Waals surface area contributed by atoms with E-state index in [1.165, 1.54) is 7.11 Å². The molecule has 0 aliphatic carbocycles. The van der Waals surface area contributed by atoms with Crippen LogP contribution in [0.2, 0.25) is 0 Å². The highest BCUT2D eigenvalue weighted by molar-refractivity contribution is 5.94. The summed E-state index contributed by atoms with van der Waals surface area (Å²) in [5.41, 5.74) is -0.176. The number of halogens is 1. The van der Waals surface area contributed by atoms with E-state index in [9.17, 15) is 4.79 Å². The van der Waals surface area contributed by atoms with Crippen LogP contribution in [0.15, 0.2) is 47.0 Å². The van der Waals surface area contributed by atoms with Crippen LogP contribution in [0.4, 0.5) is 4.39 Å². The van der Waals surface area contributed by atoms with Crippen LogP contribution in [0.5, 0.6) is 0 Å². The third-order valence-electron chi connectivity index (χ3n) is 7.07. The fourth-order valence-corrected chi connectivity index (χ4v) is 3.97. The van der Waals surface area contributed by atoms with Crippen LogP contribution in [0.25, 0.3) is 0 Å². The minimum atomic E-state index is -1.11. The normalized spacial score (nSPS) is 25.9. The molecule has 0 radical (unpaired) electrons. The lowest BCUT2D eigenvalue weighted by Gasteiger charge is -2.31. The maximum absolute atomic E-state index is 15.1. The zero-order valence-electron chi connectivity index (χ0n) is 21.3. The molecule has 7 heteroatoms. The highest BCUT2D eigenvalue weighted by atomic mass is 19.1. The number of hydrogen-bond acceptors (Lipinski definition) is 4. The lowest BCUT2D eigenvalue weighted by Crippen LogP contribution is -2.41. The molecule has 6 nitrogen and oxygen atoms in total. The number of nitrogens with zero attached hydrogens (tertiary/aromatic N) is 2. The van der Waals surface area contributed by atoms with Gasteiger partial charge in [0.1, 0.15) is 11.6 Å². The van der Waals surface area contributed by atoms with E-state index in [0.717, 1.165) is 5.56 Å². The number of carbonyl (C=O) groups excluding carboxylic acids is 1. The van der Waals surface area contributed by atoms with E-state index in [2.05, 4.69) is 16.2 Å². The molecular weight excluding hydrogens is 431 g/mol. The number of aliphatic imine (C=N–C) groups is 1. The number of ether oxygens (including phenoxy) is 1. The van der Waals surface area contributed by atoms with Crippen LogP contribution in [-0.4, -0.2) is 43.1 Å². The van der Waals surface area contributed by atoms with Crippen molar-refractivity contribution in [2.45, 2.75) is 47.1 Å². The van der Waals surface area contributed by atoms with Gasteiger partial charge < -0.3 is 15.0 Å². The topological polar surface area (TPSA) is 77.8 Å². The first kappa shape index (κ1) is 27.1. The van der Waals surface area contributed by atoms with Gasteiger partial charge in [0.25, 0.3) is 0 Å². The molecule has 5 atom stereocenters. The first-order valence-corrected chi connectivity index (χ1v) is 11.6. The first-order chi connectivity index (χ1) is 16.0. The van der Waals surface area contributed by atoms with Gasteiger partial charge in [0.15, 0.2) is 5.83 Å². The van der Waals surface area contributed by atoms with Crippen molar-refractivity contribution < 1.29 is 13.9 Å². The van der Waals surface area contributed by atoms with Gasteiger partial charge in [-0.2, -0.15) is 4.99 Å². The van der Waals surface area contributed by atoms with Crippen molar-refractivity contribution in [2.75, 3.05) is 20.7 Å². The van der Waals surface area contributed by atoms with Crippen molar-refractivity contribution in [1.29, 1.82) is 5.41 Å². The third kappa shape index (κ3) is 5.67. The summed E-state index contributed by atoms with van der Waals surface area (Å²) < 4.78 is 20.4. The summed E-state index contributed by atoms with van der Waals surface area (Å²) in [6.45, 7) is 9.29. The molecule has 184 valence electrons. The molecule has 1 fully saturated rings. The second-order valence-electron chi connectivity index (χ2n) is 9.23. The number of amidine groups is 2. The van der Waals surface area contributed by atoms with Crippen LogP contribution in [-0.2, 0) is 9.53 Å². The molecule has 1 aliphatic heterocycles. The molecule has 3 unspecified atom stereocenters. The minimum absolute atomic E-state index is 0.0790. The summed E-state index contributed by atoms with van der Waals surface area (Å²) in [5.74, 6) is 1.69. The molecule has 0 spiro atoms. The highest BCUT2D eigenvalue weighted by Crippen LogP contribution is 2.35. The van der Waals surface area contributed by atoms with Gasteiger partial charge in [0.2, 0.25) is 5.88 Å². The van der Waals surface area contributed by atoms with Crippen molar-refractivity contribution >= 4 is 17.5 Å². The number of allylic oxidation sites excluding steroid dienone is 1. The van der Waals surface area contributed by atoms with E-state index in [1.54, 1.807) is 13.8 Å². The van der Waals surface area contributed by atoms with E-state index in [4.69, 9.17) is 16.6 Å². The number of benzene rings is 1. The Labute approximate surface area is 203 Å². The largest absolute Gasteiger partial charge is 0.479 e. The summed E-state index contributed by atoms with van der Waals surface area (Å²) in [6, 6.07) is 9.32. The number of methoxy groups -OCH3 is 1. The second-order valence-corrected chi connectivity index (χ2v) is 9.23. The number of nitrogens with one attached hydrogen (secondary N) is 2. The molecule has 0 bridgehead atoms. The van der Waals surface area contributed by atoms with Gasteiger partial charge in [-0.1, -0.05) is 57.0 Å². The van der Waals surface area contributed by atoms with Crippen molar-refractivity contribution in [3.05, 3.63) is 47.6 Å². The lowest BCUT2D eigenvalue weighted by atomic mass is 9.82. The Kier molecular flexibility index (Phi) is 9.03. The fraction of sp³-hybridized carbons (Fsp3) is 0.519. The number of rotatable bonds is 7. The summed E-state index contributed by atoms with van der Waals surface area (Å²) in [7, 11) is 3.17. The third-order valence-corrected chi connectivity index (χ3v) is 7.07. The number of ketones is 1. The van der Waals surface area contributed by atoms with Crippen LogP contribution in [0.1, 0.15) is 52.6 Å². The molecule has 2 rings (SSSR count). The van der Waals surface area contributed by atoms with E-state index in [0.29, 0.717) is 24.6 Å². The Balaban J connectivity index is 2.43. The maximum Gasteiger partial charge on any atom is 0.249 e. The molecule has 1 aliphatic rings. The average molecular weight is 469 g/mol. The van der Waals surface area contributed by atoms with Gasteiger partial charge in [-0.3, -0.25) is 10.2 Å². The summed E-state index contributed by atoms with van der Waals surface area (Å²) >= 11 is 0. The first-order valence-electron chi connectivity index (χ1n) is 11.6. The van der Waals surface area contributed by atoms with Gasteiger partial charge in [0, 0.05) is 25.4 Å². The van der Waals surface area contributed by atoms with Crippen molar-refractivity contribution in [3.63, 3.8) is 0 Å². The molecule has 1 aromatic rings. The maximum atomic E-state index is 15.1. The van der Waals surface area contributed by atoms with Crippen LogP contribution < -0.4 is 5.32 Å². The van der Waals surface area contributed by atoms with E-state index >= 15 is 4.39 Å². The predicted molar refractivity (Wildman–Crippen MR) is 135 cm³/mol. The summed E-state index contributed by atoms with van der Waals surface area (Å²) in [4.78, 5) is 19.7. The Morgan fingerprint density at radius 1 is 1.32 bits per heavy atom. The van der Waals surface area contributed by atoms with Crippen LogP contribution in [0.3, 0.4) is 0 Å². The Morgan fingerprint density at radius 3 is 2.47 bits per heavy atom. The van der Waals surface area contributed by atoms with Gasteiger partial charge in [0.05, 0.1) is 30.3 Å². The predicted octanol–water partition coefficient (Wildman–Crippen LogP) is 4.95. The number of hydrogen-bond donors (Lipinski definition) is 2. The molecule has 0 amide bonds. The molecule has 1 aromatic carbocycles. The van der Waals surface area contributed by atoms with Gasteiger partial charge in [-0.15, -0.1) is 6.42 Å². The quantitative estimate of drug-likeness (QED) is 0.257. The standard InChI is InChI=1S/C27H37FN4O2/c1-9-27(6,10-2)24(28)26(34-8)30-19(5)32(7)16-21-22(20-14-12-11-13-15-20)31-25(29)18(4)17(3)23(21)33/h1,11-15,17-18,21-22H,10,16H2,2-8H3,(H2,29,31)/b26-24-,30-19+/t17?,18?,21-,22-,27?/m1/s1. The molecule has 34 heavy (non-hydrogen) atoms. The zero-order valence-corrected chi connectivity index (χ0v) is 21.3. The number of Topliss-reactive ketones (excluding diaryl/α,β-unsaturated/α-hetero) is 1. The van der Waals surface area contributed by atoms with Crippen molar-refractivity contribution in [1.82, 2.24) is 10.2 Å². The monoisotopic (exact) mass is 468 g/mol. The molecule has 0 saturated carbocycles. The second kappa shape index (κ2) is 11.3. The molecule has 2 N–H and O–H groups in total. The van der Waals surface area contributed by atoms with Gasteiger partial charge >= 0.3 is 0 Å². The van der Waals surface area contributed by atoms with Gasteiger partial charge in [-0.25, -0.2) is 4.39 Å². The Hall–Kier alpha value is -3.14. The number of carbonyl (C=O) groups is 1. The summed E-state index contributed by atoms with van der Waals surface area (Å²) in [6.07, 6.45) is 5.96. The molecule has 1 heterocycles. The average Bonchev–Trinajstić information content (AvgIpc) is 2.93.